The fourth-order valence-electron chi connectivity index (χ4n) is 0.806. The summed E-state index contributed by atoms with van der Waals surface area (Å²) in [7, 11) is 0. The molecule has 1 aromatic rings. The lowest BCUT2D eigenvalue weighted by atomic mass is 10.2. The molecular formula is C7H4BrClF2N2O. The first kappa shape index (κ1) is 11.3. The van der Waals surface area contributed by atoms with Gasteiger partial charge in [-0.05, 0) is 22.0 Å². The number of carbonyl (C=O) groups is 1. The van der Waals surface area contributed by atoms with Crippen molar-refractivity contribution in [3.8, 4) is 0 Å². The van der Waals surface area contributed by atoms with E-state index >= 15 is 0 Å². The van der Waals surface area contributed by atoms with Crippen LogP contribution in [0.3, 0.4) is 0 Å². The number of hydrogen-bond acceptors (Lipinski definition) is 2. The van der Waals surface area contributed by atoms with Gasteiger partial charge in [-0.25, -0.2) is 13.8 Å². The maximum absolute atomic E-state index is 12.3. The van der Waals surface area contributed by atoms with Gasteiger partial charge in [0.05, 0.1) is 10.6 Å². The van der Waals surface area contributed by atoms with Gasteiger partial charge in [0, 0.05) is 0 Å². The van der Waals surface area contributed by atoms with Crippen LogP contribution < -0.4 is 5.73 Å². The van der Waals surface area contributed by atoms with E-state index in [1.165, 1.54) is 0 Å². The van der Waals surface area contributed by atoms with Crippen LogP contribution in [-0.2, 0) is 0 Å². The smallest absolute Gasteiger partial charge is 0.268 e. The van der Waals surface area contributed by atoms with Crippen molar-refractivity contribution in [2.24, 2.45) is 5.73 Å². The minimum Gasteiger partial charge on any atom is -0.364 e. The molecule has 2 N–H and O–H groups in total. The van der Waals surface area contributed by atoms with E-state index in [2.05, 4.69) is 20.9 Å². The van der Waals surface area contributed by atoms with E-state index in [-0.39, 0.29) is 20.9 Å². The highest BCUT2D eigenvalue weighted by atomic mass is 79.9. The summed E-state index contributed by atoms with van der Waals surface area (Å²) in [6, 6.07) is 0.962. The van der Waals surface area contributed by atoms with E-state index in [4.69, 9.17) is 17.3 Å². The zero-order chi connectivity index (χ0) is 10.9. The maximum Gasteiger partial charge on any atom is 0.268 e. The van der Waals surface area contributed by atoms with Crippen molar-refractivity contribution in [1.29, 1.82) is 0 Å². The number of primary amides is 1. The third-order valence-corrected chi connectivity index (χ3v) is 2.35. The van der Waals surface area contributed by atoms with Gasteiger partial charge in [0.1, 0.15) is 10.3 Å². The molecule has 0 radical (unpaired) electrons. The average Bonchev–Trinajstić information content (AvgIpc) is 2.07. The van der Waals surface area contributed by atoms with Gasteiger partial charge < -0.3 is 5.73 Å². The zero-order valence-corrected chi connectivity index (χ0v) is 8.94. The molecule has 1 heterocycles. The number of halogens is 4. The molecule has 0 spiro atoms. The molecule has 0 aromatic carbocycles. The number of nitrogens with two attached hydrogens (primary N) is 1. The Bertz CT molecular complexity index is 386. The number of alkyl halides is 2. The number of pyridine rings is 1. The Balaban J connectivity index is 3.31. The van der Waals surface area contributed by atoms with E-state index in [9.17, 15) is 13.6 Å². The summed E-state index contributed by atoms with van der Waals surface area (Å²) in [5, 5.41) is -0.184. The number of rotatable bonds is 2. The van der Waals surface area contributed by atoms with Gasteiger partial charge in [0.2, 0.25) is 0 Å². The zero-order valence-electron chi connectivity index (χ0n) is 6.60. The highest BCUT2D eigenvalue weighted by Crippen LogP contribution is 2.29. The van der Waals surface area contributed by atoms with Crippen LogP contribution in [0.4, 0.5) is 8.78 Å². The van der Waals surface area contributed by atoms with Crippen molar-refractivity contribution in [1.82, 2.24) is 4.98 Å². The number of nitrogens with zero attached hydrogens (tertiary/aromatic N) is 1. The summed E-state index contributed by atoms with van der Waals surface area (Å²) in [5.41, 5.74) is 4.31. The minimum absolute atomic E-state index is 0.134. The molecule has 0 atom stereocenters. The molecule has 14 heavy (non-hydrogen) atoms. The van der Waals surface area contributed by atoms with Crippen LogP contribution in [0.15, 0.2) is 10.7 Å². The molecule has 0 aliphatic rings. The van der Waals surface area contributed by atoms with Gasteiger partial charge in [0.15, 0.2) is 0 Å². The highest BCUT2D eigenvalue weighted by molar-refractivity contribution is 9.10. The van der Waals surface area contributed by atoms with Crippen molar-refractivity contribution in [2.75, 3.05) is 0 Å². The third-order valence-electron chi connectivity index (χ3n) is 1.43. The highest BCUT2D eigenvalue weighted by Gasteiger charge is 2.18. The van der Waals surface area contributed by atoms with Crippen LogP contribution >= 0.6 is 27.5 Å². The lowest BCUT2D eigenvalue weighted by Gasteiger charge is -2.05. The SMILES string of the molecule is NC(=O)c1nc(Br)c(C(F)F)cc1Cl. The van der Waals surface area contributed by atoms with E-state index < -0.39 is 12.3 Å². The van der Waals surface area contributed by atoms with E-state index in [0.29, 0.717) is 0 Å². The van der Waals surface area contributed by atoms with Gasteiger partial charge in [0.25, 0.3) is 12.3 Å². The molecular weight excluding hydrogens is 281 g/mol. The number of hydrogen-bond donors (Lipinski definition) is 1. The van der Waals surface area contributed by atoms with Gasteiger partial charge in [-0.1, -0.05) is 11.6 Å². The lowest BCUT2D eigenvalue weighted by molar-refractivity contribution is 0.0994. The topological polar surface area (TPSA) is 56.0 Å². The fraction of sp³-hybridized carbons (Fsp3) is 0.143. The quantitative estimate of drug-likeness (QED) is 0.849. The van der Waals surface area contributed by atoms with Crippen molar-refractivity contribution >= 4 is 33.4 Å². The predicted molar refractivity (Wildman–Crippen MR) is 50.4 cm³/mol. The normalized spacial score (nSPS) is 10.6. The van der Waals surface area contributed by atoms with Gasteiger partial charge in [-0.15, -0.1) is 0 Å². The summed E-state index contributed by atoms with van der Waals surface area (Å²) < 4.78 is 24.5. The Kier molecular flexibility index (Phi) is 3.38. The molecule has 7 heteroatoms. The predicted octanol–water partition coefficient (Wildman–Crippen LogP) is 2.53. The van der Waals surface area contributed by atoms with Crippen LogP contribution in [0.5, 0.6) is 0 Å². The molecule has 0 aliphatic carbocycles. The summed E-state index contributed by atoms with van der Waals surface area (Å²) >= 11 is 8.32. The molecule has 3 nitrogen and oxygen atoms in total. The van der Waals surface area contributed by atoms with E-state index in [0.717, 1.165) is 6.07 Å². The average molecular weight is 285 g/mol. The Morgan fingerprint density at radius 3 is 2.64 bits per heavy atom. The summed E-state index contributed by atoms with van der Waals surface area (Å²) in [4.78, 5) is 14.2. The van der Waals surface area contributed by atoms with Crippen LogP contribution in [0.1, 0.15) is 22.5 Å². The Hall–Kier alpha value is -0.750. The van der Waals surface area contributed by atoms with Crippen LogP contribution in [0.2, 0.25) is 5.02 Å². The van der Waals surface area contributed by atoms with Crippen LogP contribution in [0.25, 0.3) is 0 Å². The molecule has 76 valence electrons. The standard InChI is InChI=1S/C7H4BrClF2N2O/c8-5-2(6(10)11)1-3(9)4(13-5)7(12)14/h1,6H,(H2,12,14). The Labute approximate surface area is 91.4 Å². The summed E-state index contributed by atoms with van der Waals surface area (Å²) in [6.07, 6.45) is -2.71. The number of aromatic nitrogens is 1. The van der Waals surface area contributed by atoms with Crippen molar-refractivity contribution in [3.05, 3.63) is 26.9 Å². The number of amides is 1. The summed E-state index contributed by atoms with van der Waals surface area (Å²) in [6.45, 7) is 0. The Morgan fingerprint density at radius 1 is 1.64 bits per heavy atom. The first-order valence-electron chi connectivity index (χ1n) is 3.37. The largest absolute Gasteiger partial charge is 0.364 e. The van der Waals surface area contributed by atoms with Crippen molar-refractivity contribution < 1.29 is 13.6 Å². The Morgan fingerprint density at radius 2 is 2.21 bits per heavy atom. The molecule has 0 bridgehead atoms. The van der Waals surface area contributed by atoms with Gasteiger partial charge in [-0.2, -0.15) is 0 Å². The molecule has 0 aliphatic heterocycles. The minimum atomic E-state index is -2.71. The molecule has 0 fully saturated rings. The van der Waals surface area contributed by atoms with Gasteiger partial charge in [-0.3, -0.25) is 4.79 Å². The molecule has 1 amide bonds. The van der Waals surface area contributed by atoms with E-state index in [1.54, 1.807) is 0 Å². The van der Waals surface area contributed by atoms with Crippen molar-refractivity contribution in [3.63, 3.8) is 0 Å². The molecule has 1 aromatic heterocycles. The third kappa shape index (κ3) is 2.19. The van der Waals surface area contributed by atoms with Crippen LogP contribution in [0, 0.1) is 0 Å². The molecule has 0 saturated carbocycles. The molecule has 0 saturated heterocycles. The van der Waals surface area contributed by atoms with E-state index in [1.807, 2.05) is 0 Å². The first-order chi connectivity index (χ1) is 6.43. The lowest BCUT2D eigenvalue weighted by Crippen LogP contribution is -2.14. The summed E-state index contributed by atoms with van der Waals surface area (Å²) in [5.74, 6) is -0.864. The fourth-order valence-corrected chi connectivity index (χ4v) is 1.52. The second-order valence-corrected chi connectivity index (χ2v) is 3.52. The monoisotopic (exact) mass is 284 g/mol. The van der Waals surface area contributed by atoms with Crippen molar-refractivity contribution in [2.45, 2.75) is 6.43 Å². The molecule has 0 unspecified atom stereocenters. The maximum atomic E-state index is 12.3. The second-order valence-electron chi connectivity index (χ2n) is 2.36. The first-order valence-corrected chi connectivity index (χ1v) is 4.54. The second kappa shape index (κ2) is 4.18. The molecule has 1 rings (SSSR count). The van der Waals surface area contributed by atoms with Crippen LogP contribution in [-0.4, -0.2) is 10.9 Å². The number of carbonyl (C=O) groups excluding carboxylic acids is 1. The van der Waals surface area contributed by atoms with Gasteiger partial charge >= 0.3 is 0 Å².